The molecular weight excluding hydrogens is 254 g/mol. The normalized spacial score (nSPS) is 19.6. The van der Waals surface area contributed by atoms with Crippen LogP contribution in [-0.2, 0) is 6.54 Å². The topological polar surface area (TPSA) is 71.5 Å². The van der Waals surface area contributed by atoms with Gasteiger partial charge in [0.1, 0.15) is 5.58 Å². The highest BCUT2D eigenvalue weighted by atomic mass is 16.3. The van der Waals surface area contributed by atoms with Crippen molar-refractivity contribution in [3.8, 4) is 0 Å². The Balaban J connectivity index is 2.04. The van der Waals surface area contributed by atoms with Crippen molar-refractivity contribution >= 4 is 16.9 Å². The zero-order valence-electron chi connectivity index (χ0n) is 11.6. The molecule has 5 heteroatoms. The Morgan fingerprint density at radius 3 is 3.00 bits per heavy atom. The van der Waals surface area contributed by atoms with Crippen LogP contribution in [0.1, 0.15) is 35.9 Å². The first-order valence-electron chi connectivity index (χ1n) is 6.96. The van der Waals surface area contributed by atoms with Crippen LogP contribution in [-0.4, -0.2) is 23.4 Å². The van der Waals surface area contributed by atoms with Gasteiger partial charge in [0.05, 0.1) is 0 Å². The average molecular weight is 273 g/mol. The van der Waals surface area contributed by atoms with Crippen LogP contribution in [0.4, 0.5) is 0 Å². The number of hydrazine groups is 1. The lowest BCUT2D eigenvalue weighted by Crippen LogP contribution is -2.32. The van der Waals surface area contributed by atoms with Crippen molar-refractivity contribution < 1.29 is 9.21 Å². The second-order valence-corrected chi connectivity index (χ2v) is 5.34. The predicted molar refractivity (Wildman–Crippen MR) is 77.0 cm³/mol. The van der Waals surface area contributed by atoms with Crippen LogP contribution < -0.4 is 11.3 Å². The van der Waals surface area contributed by atoms with Crippen molar-refractivity contribution in [1.82, 2.24) is 10.3 Å². The second-order valence-electron chi connectivity index (χ2n) is 5.34. The number of benzene rings is 1. The maximum Gasteiger partial charge on any atom is 0.301 e. The molecule has 1 amide bonds. The van der Waals surface area contributed by atoms with E-state index in [9.17, 15) is 4.79 Å². The second kappa shape index (κ2) is 5.26. The lowest BCUT2D eigenvalue weighted by Gasteiger charge is -2.20. The molecule has 106 valence electrons. The van der Waals surface area contributed by atoms with Gasteiger partial charge in [0, 0.05) is 23.5 Å². The van der Waals surface area contributed by atoms with Gasteiger partial charge in [-0.2, -0.15) is 0 Å². The Kier molecular flexibility index (Phi) is 3.46. The molecule has 0 bridgehead atoms. The summed E-state index contributed by atoms with van der Waals surface area (Å²) in [7, 11) is 0. The Hall–Kier alpha value is -1.85. The number of rotatable bonds is 3. The minimum Gasteiger partial charge on any atom is -0.451 e. The van der Waals surface area contributed by atoms with Gasteiger partial charge < -0.3 is 4.42 Å². The van der Waals surface area contributed by atoms with Gasteiger partial charge >= 0.3 is 5.91 Å². The summed E-state index contributed by atoms with van der Waals surface area (Å²) in [5.74, 6) is 5.21. The third-order valence-corrected chi connectivity index (χ3v) is 4.09. The molecule has 2 aromatic rings. The molecule has 0 aliphatic carbocycles. The number of carbonyl (C=O) groups excluding carboxylic acids is 1. The molecule has 1 atom stereocenters. The van der Waals surface area contributed by atoms with Crippen molar-refractivity contribution in [3.05, 3.63) is 35.6 Å². The van der Waals surface area contributed by atoms with Gasteiger partial charge in [-0.3, -0.25) is 15.1 Å². The summed E-state index contributed by atoms with van der Waals surface area (Å²) < 4.78 is 5.68. The number of nitrogens with one attached hydrogen (secondary N) is 1. The van der Waals surface area contributed by atoms with E-state index in [1.165, 1.54) is 12.8 Å². The Morgan fingerprint density at radius 2 is 2.30 bits per heavy atom. The number of nitrogens with two attached hydrogens (primary N) is 1. The van der Waals surface area contributed by atoms with Gasteiger partial charge in [0.15, 0.2) is 5.76 Å². The monoisotopic (exact) mass is 273 g/mol. The van der Waals surface area contributed by atoms with Crippen molar-refractivity contribution in [2.24, 2.45) is 5.84 Å². The van der Waals surface area contributed by atoms with E-state index < -0.39 is 0 Å². The summed E-state index contributed by atoms with van der Waals surface area (Å²) in [5.41, 5.74) is 3.83. The van der Waals surface area contributed by atoms with Crippen LogP contribution in [0.15, 0.2) is 28.7 Å². The molecule has 1 aromatic heterocycles. The number of nitrogen functional groups attached to an aromatic ring is 1. The first kappa shape index (κ1) is 13.1. The molecule has 0 radical (unpaired) electrons. The van der Waals surface area contributed by atoms with Crippen LogP contribution in [0, 0.1) is 0 Å². The zero-order valence-corrected chi connectivity index (χ0v) is 11.6. The third-order valence-electron chi connectivity index (χ3n) is 4.09. The molecule has 0 spiro atoms. The predicted octanol–water partition coefficient (Wildman–Crippen LogP) is 2.02. The van der Waals surface area contributed by atoms with Gasteiger partial charge in [-0.1, -0.05) is 18.2 Å². The van der Waals surface area contributed by atoms with Crippen molar-refractivity contribution in [2.75, 3.05) is 6.54 Å². The maximum atomic E-state index is 11.9. The molecule has 1 saturated heterocycles. The van der Waals surface area contributed by atoms with E-state index in [0.29, 0.717) is 11.8 Å². The average Bonchev–Trinajstić information content (AvgIpc) is 3.03. The van der Waals surface area contributed by atoms with E-state index in [4.69, 9.17) is 10.3 Å². The minimum atomic E-state index is -0.372. The van der Waals surface area contributed by atoms with E-state index in [0.717, 1.165) is 29.6 Å². The fraction of sp³-hybridized carbons (Fsp3) is 0.400. The van der Waals surface area contributed by atoms with Gasteiger partial charge in [0.25, 0.3) is 0 Å². The highest BCUT2D eigenvalue weighted by molar-refractivity contribution is 5.98. The molecule has 1 aromatic carbocycles. The van der Waals surface area contributed by atoms with Crippen molar-refractivity contribution in [1.29, 1.82) is 0 Å². The highest BCUT2D eigenvalue weighted by Crippen LogP contribution is 2.29. The third kappa shape index (κ3) is 2.19. The lowest BCUT2D eigenvalue weighted by molar-refractivity contribution is 0.0925. The molecule has 1 unspecified atom stereocenters. The molecule has 3 rings (SSSR count). The van der Waals surface area contributed by atoms with Crippen LogP contribution in [0.5, 0.6) is 0 Å². The van der Waals surface area contributed by atoms with Crippen LogP contribution >= 0.6 is 0 Å². The largest absolute Gasteiger partial charge is 0.451 e. The molecule has 0 saturated carbocycles. The Bertz CT molecular complexity index is 635. The molecule has 1 fully saturated rings. The standard InChI is InChI=1S/C15H19N3O2/c1-10-5-4-8-18(10)9-12-11-6-2-3-7-13(11)20-14(12)15(19)17-16/h2-3,6-7,10H,4-5,8-9,16H2,1H3,(H,17,19). The van der Waals surface area contributed by atoms with Crippen molar-refractivity contribution in [3.63, 3.8) is 0 Å². The van der Waals surface area contributed by atoms with E-state index in [1.807, 2.05) is 24.3 Å². The van der Waals surface area contributed by atoms with E-state index in [2.05, 4.69) is 17.2 Å². The fourth-order valence-electron chi connectivity index (χ4n) is 2.94. The molecule has 2 heterocycles. The number of fused-ring (bicyclic) bond motifs is 1. The smallest absolute Gasteiger partial charge is 0.301 e. The quantitative estimate of drug-likeness (QED) is 0.510. The summed E-state index contributed by atoms with van der Waals surface area (Å²) >= 11 is 0. The zero-order chi connectivity index (χ0) is 14.1. The van der Waals surface area contributed by atoms with E-state index in [-0.39, 0.29) is 5.91 Å². The van der Waals surface area contributed by atoms with Crippen molar-refractivity contribution in [2.45, 2.75) is 32.4 Å². The summed E-state index contributed by atoms with van der Waals surface area (Å²) in [6.07, 6.45) is 2.41. The number of nitrogens with zero attached hydrogens (tertiary/aromatic N) is 1. The molecule has 3 N–H and O–H groups in total. The van der Waals surface area contributed by atoms with Gasteiger partial charge in [-0.25, -0.2) is 5.84 Å². The van der Waals surface area contributed by atoms with E-state index in [1.54, 1.807) is 0 Å². The summed E-state index contributed by atoms with van der Waals surface area (Å²) in [4.78, 5) is 14.3. The number of carbonyl (C=O) groups is 1. The Morgan fingerprint density at radius 1 is 1.50 bits per heavy atom. The molecule has 1 aliphatic heterocycles. The molecule has 20 heavy (non-hydrogen) atoms. The summed E-state index contributed by atoms with van der Waals surface area (Å²) in [6.45, 7) is 4.00. The van der Waals surface area contributed by atoms with Gasteiger partial charge in [0.2, 0.25) is 0 Å². The summed E-state index contributed by atoms with van der Waals surface area (Å²) in [5, 5.41) is 0.991. The number of para-hydroxylation sites is 1. The number of hydrogen-bond acceptors (Lipinski definition) is 4. The van der Waals surface area contributed by atoms with Gasteiger partial charge in [-0.15, -0.1) is 0 Å². The van der Waals surface area contributed by atoms with Gasteiger partial charge in [-0.05, 0) is 32.4 Å². The maximum absolute atomic E-state index is 11.9. The Labute approximate surface area is 117 Å². The fourth-order valence-corrected chi connectivity index (χ4v) is 2.94. The van der Waals surface area contributed by atoms with Crippen LogP contribution in [0.25, 0.3) is 11.0 Å². The molecule has 5 nitrogen and oxygen atoms in total. The summed E-state index contributed by atoms with van der Waals surface area (Å²) in [6, 6.07) is 8.26. The lowest BCUT2D eigenvalue weighted by atomic mass is 10.1. The minimum absolute atomic E-state index is 0.327. The number of likely N-dealkylation sites (tertiary alicyclic amines) is 1. The molecular formula is C15H19N3O2. The van der Waals surface area contributed by atoms with Crippen LogP contribution in [0.2, 0.25) is 0 Å². The van der Waals surface area contributed by atoms with Crippen LogP contribution in [0.3, 0.4) is 0 Å². The number of amides is 1. The SMILES string of the molecule is CC1CCCN1Cc1c(C(=O)NN)oc2ccccc12. The number of furan rings is 1. The first-order valence-corrected chi connectivity index (χ1v) is 6.96. The highest BCUT2D eigenvalue weighted by Gasteiger charge is 2.26. The molecule has 1 aliphatic rings. The van der Waals surface area contributed by atoms with E-state index >= 15 is 0 Å². The first-order chi connectivity index (χ1) is 9.70. The number of hydrogen-bond donors (Lipinski definition) is 2.